The molecule has 2 aliphatic heterocycles. The molecule has 2 aromatic rings. The largest absolute Gasteiger partial charge is 0.347 e. The molecule has 1 atom stereocenters. The summed E-state index contributed by atoms with van der Waals surface area (Å²) in [6.07, 6.45) is 1.07. The number of rotatable bonds is 0. The van der Waals surface area contributed by atoms with Crippen LogP contribution in [0.1, 0.15) is 22.3 Å². The Morgan fingerprint density at radius 2 is 1.56 bits per heavy atom. The van der Waals surface area contributed by atoms with E-state index >= 15 is 0 Å². The van der Waals surface area contributed by atoms with E-state index in [1.165, 1.54) is 22.3 Å². The molecular weight excluding hydrogens is 222 g/mol. The quantitative estimate of drug-likeness (QED) is 0.760. The molecule has 0 amide bonds. The number of ether oxygens (including phenoxy) is 1. The second-order valence-corrected chi connectivity index (χ2v) is 4.96. The fourth-order valence-corrected chi connectivity index (χ4v) is 3.17. The van der Waals surface area contributed by atoms with Gasteiger partial charge in [0.25, 0.3) is 0 Å². The Hall–Kier alpha value is -1.64. The van der Waals surface area contributed by atoms with E-state index in [1.807, 2.05) is 0 Å². The van der Waals surface area contributed by atoms with Gasteiger partial charge in [0, 0.05) is 17.7 Å². The van der Waals surface area contributed by atoms with E-state index in [2.05, 4.69) is 53.8 Å². The van der Waals surface area contributed by atoms with Gasteiger partial charge in [-0.1, -0.05) is 48.5 Å². The second kappa shape index (κ2) is 3.67. The van der Waals surface area contributed by atoms with Crippen LogP contribution in [0.2, 0.25) is 0 Å². The lowest BCUT2D eigenvalue weighted by Gasteiger charge is -2.36. The minimum absolute atomic E-state index is 0.411. The maximum atomic E-state index is 6.17. The van der Waals surface area contributed by atoms with Gasteiger partial charge in [0.1, 0.15) is 0 Å². The molecule has 0 fully saturated rings. The average Bonchev–Trinajstić information content (AvgIpc) is 2.80. The first-order valence-corrected chi connectivity index (χ1v) is 6.46. The Morgan fingerprint density at radius 3 is 2.39 bits per heavy atom. The number of fused-ring (bicyclic) bond motifs is 4. The Morgan fingerprint density at radius 1 is 0.889 bits per heavy atom. The molecule has 0 aliphatic carbocycles. The first-order chi connectivity index (χ1) is 8.90. The molecule has 2 heteroatoms. The summed E-state index contributed by atoms with van der Waals surface area (Å²) in [6, 6.07) is 17.1. The molecule has 1 unspecified atom stereocenters. The van der Waals surface area contributed by atoms with E-state index in [0.29, 0.717) is 6.61 Å². The molecule has 0 radical (unpaired) electrons. The summed E-state index contributed by atoms with van der Waals surface area (Å²) in [6.45, 7) is 1.66. The third-order valence-electron chi connectivity index (χ3n) is 4.01. The van der Waals surface area contributed by atoms with E-state index in [9.17, 15) is 0 Å². The van der Waals surface area contributed by atoms with E-state index in [-0.39, 0.29) is 0 Å². The summed E-state index contributed by atoms with van der Waals surface area (Å²) in [5.74, 6) is 0. The van der Waals surface area contributed by atoms with E-state index in [0.717, 1.165) is 13.0 Å². The number of nitrogens with one attached hydrogen (secondary N) is 1. The summed E-state index contributed by atoms with van der Waals surface area (Å²) >= 11 is 0. The second-order valence-electron chi connectivity index (χ2n) is 4.96. The monoisotopic (exact) mass is 237 g/mol. The van der Waals surface area contributed by atoms with Gasteiger partial charge in [-0.05, 0) is 17.5 Å². The molecular formula is C16H15NO. The maximum absolute atomic E-state index is 6.17. The molecule has 0 saturated carbocycles. The fraction of sp³-hybridized carbons (Fsp3) is 0.250. The first kappa shape index (κ1) is 10.3. The molecule has 0 bridgehead atoms. The topological polar surface area (TPSA) is 21.3 Å². The molecule has 4 rings (SSSR count). The molecule has 2 heterocycles. The molecule has 2 aromatic carbocycles. The first-order valence-electron chi connectivity index (χ1n) is 6.46. The fourth-order valence-electron chi connectivity index (χ4n) is 3.17. The van der Waals surface area contributed by atoms with Crippen LogP contribution in [-0.4, -0.2) is 6.54 Å². The lowest BCUT2D eigenvalue weighted by atomic mass is 9.86. The summed E-state index contributed by atoms with van der Waals surface area (Å²) < 4.78 is 6.17. The van der Waals surface area contributed by atoms with Gasteiger partial charge in [-0.3, -0.25) is 5.32 Å². The minimum Gasteiger partial charge on any atom is -0.347 e. The Balaban J connectivity index is 1.97. The van der Waals surface area contributed by atoms with E-state index in [1.54, 1.807) is 0 Å². The van der Waals surface area contributed by atoms with Crippen LogP contribution in [0.15, 0.2) is 48.5 Å². The molecule has 90 valence electrons. The van der Waals surface area contributed by atoms with Gasteiger partial charge in [-0.2, -0.15) is 0 Å². The van der Waals surface area contributed by atoms with Gasteiger partial charge in [0.2, 0.25) is 0 Å². The van der Waals surface area contributed by atoms with Crippen LogP contribution >= 0.6 is 0 Å². The molecule has 1 spiro atoms. The Labute approximate surface area is 107 Å². The molecule has 0 saturated heterocycles. The highest BCUT2D eigenvalue weighted by Gasteiger charge is 2.44. The number of hydrogen-bond donors (Lipinski definition) is 1. The SMILES string of the molecule is c1ccc2c(c1)CCNC21OCc2ccccc21. The molecule has 2 aliphatic rings. The highest BCUT2D eigenvalue weighted by atomic mass is 16.5. The van der Waals surface area contributed by atoms with Crippen molar-refractivity contribution in [2.24, 2.45) is 0 Å². The van der Waals surface area contributed by atoms with Gasteiger partial charge in [-0.15, -0.1) is 0 Å². The molecule has 18 heavy (non-hydrogen) atoms. The van der Waals surface area contributed by atoms with E-state index < -0.39 is 5.72 Å². The standard InChI is InChI=1S/C16H15NO/c1-3-7-14-12(5-1)9-10-17-16(14)15-8-4-2-6-13(15)11-18-16/h1-8,17H,9-11H2. The zero-order chi connectivity index (χ0) is 12.0. The van der Waals surface area contributed by atoms with Crippen molar-refractivity contribution >= 4 is 0 Å². The smallest absolute Gasteiger partial charge is 0.172 e. The summed E-state index contributed by atoms with van der Waals surface area (Å²) in [5, 5.41) is 3.58. The van der Waals surface area contributed by atoms with Crippen molar-refractivity contribution in [3.05, 3.63) is 70.8 Å². The van der Waals surface area contributed by atoms with Gasteiger partial charge < -0.3 is 4.74 Å². The Bertz CT molecular complexity index is 608. The van der Waals surface area contributed by atoms with Crippen LogP contribution in [-0.2, 0) is 23.5 Å². The highest BCUT2D eigenvalue weighted by molar-refractivity contribution is 5.47. The van der Waals surface area contributed by atoms with Crippen molar-refractivity contribution < 1.29 is 4.74 Å². The summed E-state index contributed by atoms with van der Waals surface area (Å²) in [4.78, 5) is 0. The van der Waals surface area contributed by atoms with Crippen molar-refractivity contribution in [2.75, 3.05) is 6.54 Å². The third-order valence-corrected chi connectivity index (χ3v) is 4.01. The zero-order valence-corrected chi connectivity index (χ0v) is 10.1. The van der Waals surface area contributed by atoms with E-state index in [4.69, 9.17) is 4.74 Å². The molecule has 1 N–H and O–H groups in total. The predicted octanol–water partition coefficient (Wildman–Crippen LogP) is 2.56. The zero-order valence-electron chi connectivity index (χ0n) is 10.1. The maximum Gasteiger partial charge on any atom is 0.172 e. The van der Waals surface area contributed by atoms with Crippen molar-refractivity contribution in [1.82, 2.24) is 5.32 Å². The normalized spacial score (nSPS) is 24.9. The van der Waals surface area contributed by atoms with Gasteiger partial charge >= 0.3 is 0 Å². The van der Waals surface area contributed by atoms with Crippen LogP contribution in [0.4, 0.5) is 0 Å². The number of benzene rings is 2. The lowest BCUT2D eigenvalue weighted by Crippen LogP contribution is -2.48. The Kier molecular flexibility index (Phi) is 2.10. The molecule has 2 nitrogen and oxygen atoms in total. The number of hydrogen-bond acceptors (Lipinski definition) is 2. The van der Waals surface area contributed by atoms with Crippen LogP contribution < -0.4 is 5.32 Å². The van der Waals surface area contributed by atoms with Crippen LogP contribution in [0, 0.1) is 0 Å². The summed E-state index contributed by atoms with van der Waals surface area (Å²) in [7, 11) is 0. The molecule has 0 aromatic heterocycles. The van der Waals surface area contributed by atoms with Gasteiger partial charge in [-0.25, -0.2) is 0 Å². The van der Waals surface area contributed by atoms with Crippen molar-refractivity contribution in [2.45, 2.75) is 18.8 Å². The van der Waals surface area contributed by atoms with Gasteiger partial charge in [0.15, 0.2) is 5.72 Å². The van der Waals surface area contributed by atoms with Crippen LogP contribution in [0.3, 0.4) is 0 Å². The third kappa shape index (κ3) is 1.25. The predicted molar refractivity (Wildman–Crippen MR) is 70.2 cm³/mol. The highest BCUT2D eigenvalue weighted by Crippen LogP contribution is 2.42. The van der Waals surface area contributed by atoms with Crippen molar-refractivity contribution in [3.63, 3.8) is 0 Å². The van der Waals surface area contributed by atoms with Crippen LogP contribution in [0.25, 0.3) is 0 Å². The van der Waals surface area contributed by atoms with Crippen molar-refractivity contribution in [1.29, 1.82) is 0 Å². The van der Waals surface area contributed by atoms with Crippen molar-refractivity contribution in [3.8, 4) is 0 Å². The average molecular weight is 237 g/mol. The minimum atomic E-state index is -0.411. The van der Waals surface area contributed by atoms with Crippen LogP contribution in [0.5, 0.6) is 0 Å². The summed E-state index contributed by atoms with van der Waals surface area (Å²) in [5.41, 5.74) is 4.83. The van der Waals surface area contributed by atoms with Gasteiger partial charge in [0.05, 0.1) is 6.61 Å². The lowest BCUT2D eigenvalue weighted by molar-refractivity contribution is -0.0361.